The highest BCUT2D eigenvalue weighted by Crippen LogP contribution is 2.31. The molecule has 0 saturated heterocycles. The summed E-state index contributed by atoms with van der Waals surface area (Å²) in [5.41, 5.74) is 6.53. The van der Waals surface area contributed by atoms with Crippen LogP contribution in [0.4, 0.5) is 0 Å². The van der Waals surface area contributed by atoms with E-state index in [0.29, 0.717) is 24.6 Å². The Morgan fingerprint density at radius 3 is 2.65 bits per heavy atom. The first-order chi connectivity index (χ1) is 10.7. The van der Waals surface area contributed by atoms with Crippen molar-refractivity contribution in [3.05, 3.63) is 53.5 Å². The third-order valence-electron chi connectivity index (χ3n) is 3.86. The van der Waals surface area contributed by atoms with Crippen molar-refractivity contribution in [2.24, 2.45) is 5.73 Å². The molecule has 1 amide bonds. The predicted molar refractivity (Wildman–Crippen MR) is 89.7 cm³/mol. The fourth-order valence-corrected chi connectivity index (χ4v) is 2.51. The van der Waals surface area contributed by atoms with Gasteiger partial charge in [-0.05, 0) is 31.0 Å². The monoisotopic (exact) mass is 336 g/mol. The van der Waals surface area contributed by atoms with E-state index in [1.54, 1.807) is 19.2 Å². The van der Waals surface area contributed by atoms with Gasteiger partial charge in [0.1, 0.15) is 11.5 Å². The Balaban J connectivity index is 0.00000192. The molecule has 1 heterocycles. The molecule has 1 aromatic carbocycles. The first-order valence-corrected chi connectivity index (χ1v) is 7.44. The van der Waals surface area contributed by atoms with E-state index in [1.807, 2.05) is 29.2 Å². The number of rotatable bonds is 6. The Bertz CT molecular complexity index is 667. The Hall–Kier alpha value is -1.98. The molecule has 0 aliphatic heterocycles. The second-order valence-electron chi connectivity index (χ2n) is 5.45. The number of benzene rings is 1. The normalized spacial score (nSPS) is 13.3. The van der Waals surface area contributed by atoms with Gasteiger partial charge >= 0.3 is 0 Å². The third-order valence-corrected chi connectivity index (χ3v) is 3.86. The van der Waals surface area contributed by atoms with Gasteiger partial charge in [-0.15, -0.1) is 12.4 Å². The van der Waals surface area contributed by atoms with E-state index >= 15 is 0 Å². The summed E-state index contributed by atoms with van der Waals surface area (Å²) in [6, 6.07) is 11.5. The molecule has 1 saturated carbocycles. The minimum atomic E-state index is -0.0897. The number of methoxy groups -OCH3 is 1. The molecular weight excluding hydrogens is 316 g/mol. The number of hydrogen-bond donors (Lipinski definition) is 1. The largest absolute Gasteiger partial charge is 0.496 e. The van der Waals surface area contributed by atoms with Crippen molar-refractivity contribution in [1.29, 1.82) is 0 Å². The lowest BCUT2D eigenvalue weighted by Crippen LogP contribution is -2.32. The molecule has 1 aliphatic rings. The Morgan fingerprint density at radius 2 is 2.04 bits per heavy atom. The molecule has 2 N–H and O–H groups in total. The molecule has 0 radical (unpaired) electrons. The Labute approximate surface area is 141 Å². The van der Waals surface area contributed by atoms with Gasteiger partial charge in [-0.2, -0.15) is 0 Å². The zero-order chi connectivity index (χ0) is 15.5. The van der Waals surface area contributed by atoms with Crippen molar-refractivity contribution in [3.8, 4) is 5.75 Å². The van der Waals surface area contributed by atoms with Crippen LogP contribution >= 0.6 is 12.4 Å². The summed E-state index contributed by atoms with van der Waals surface area (Å²) in [7, 11) is 1.64. The number of furan rings is 1. The van der Waals surface area contributed by atoms with E-state index in [1.165, 1.54) is 0 Å². The molecule has 6 heteroatoms. The van der Waals surface area contributed by atoms with Crippen LogP contribution in [0.15, 0.2) is 40.8 Å². The molecule has 0 unspecified atom stereocenters. The number of hydrogen-bond acceptors (Lipinski definition) is 4. The van der Waals surface area contributed by atoms with E-state index in [0.717, 1.165) is 24.2 Å². The summed E-state index contributed by atoms with van der Waals surface area (Å²) < 4.78 is 10.9. The number of carbonyl (C=O) groups excluding carboxylic acids is 1. The van der Waals surface area contributed by atoms with Crippen LogP contribution in [-0.2, 0) is 13.1 Å². The summed E-state index contributed by atoms with van der Waals surface area (Å²) in [4.78, 5) is 14.6. The highest BCUT2D eigenvalue weighted by molar-refractivity contribution is 5.92. The smallest absolute Gasteiger partial charge is 0.290 e. The predicted octanol–water partition coefficient (Wildman–Crippen LogP) is 2.97. The van der Waals surface area contributed by atoms with E-state index in [2.05, 4.69) is 0 Å². The standard InChI is InChI=1S/C17H20N2O3.ClH/c1-21-15-5-3-2-4-12(15)11-19(13-6-7-13)17(20)16-9-8-14(10-18)22-16;/h2-5,8-9,13H,6-7,10-11,18H2,1H3;1H. The minimum Gasteiger partial charge on any atom is -0.496 e. The first-order valence-electron chi connectivity index (χ1n) is 7.44. The fourth-order valence-electron chi connectivity index (χ4n) is 2.51. The van der Waals surface area contributed by atoms with E-state index < -0.39 is 0 Å². The van der Waals surface area contributed by atoms with Crippen LogP contribution in [0.25, 0.3) is 0 Å². The molecule has 0 bridgehead atoms. The number of nitrogens with zero attached hydrogens (tertiary/aromatic N) is 1. The van der Waals surface area contributed by atoms with Crippen LogP contribution in [0.2, 0.25) is 0 Å². The average molecular weight is 337 g/mol. The van der Waals surface area contributed by atoms with Crippen molar-refractivity contribution >= 4 is 18.3 Å². The Kier molecular flexibility index (Phi) is 5.69. The fraction of sp³-hybridized carbons (Fsp3) is 0.353. The maximum Gasteiger partial charge on any atom is 0.290 e. The maximum absolute atomic E-state index is 12.7. The number of ether oxygens (including phenoxy) is 1. The molecule has 1 aliphatic carbocycles. The Morgan fingerprint density at radius 1 is 1.30 bits per heavy atom. The summed E-state index contributed by atoms with van der Waals surface area (Å²) in [6.07, 6.45) is 2.07. The van der Waals surface area contributed by atoms with Crippen LogP contribution in [0.5, 0.6) is 5.75 Å². The van der Waals surface area contributed by atoms with Crippen LogP contribution < -0.4 is 10.5 Å². The quantitative estimate of drug-likeness (QED) is 0.880. The second-order valence-corrected chi connectivity index (χ2v) is 5.45. The lowest BCUT2D eigenvalue weighted by Gasteiger charge is -2.22. The van der Waals surface area contributed by atoms with Gasteiger partial charge in [0.25, 0.3) is 5.91 Å². The molecule has 5 nitrogen and oxygen atoms in total. The highest BCUT2D eigenvalue weighted by atomic mass is 35.5. The highest BCUT2D eigenvalue weighted by Gasteiger charge is 2.34. The molecule has 124 valence electrons. The van der Waals surface area contributed by atoms with Crippen molar-refractivity contribution in [1.82, 2.24) is 4.90 Å². The van der Waals surface area contributed by atoms with Gasteiger partial charge < -0.3 is 19.8 Å². The van der Waals surface area contributed by atoms with Gasteiger partial charge in [0.15, 0.2) is 5.76 Å². The summed E-state index contributed by atoms with van der Waals surface area (Å²) in [5.74, 6) is 1.68. The van der Waals surface area contributed by atoms with Crippen molar-refractivity contribution in [2.45, 2.75) is 32.0 Å². The van der Waals surface area contributed by atoms with Gasteiger partial charge in [-0.3, -0.25) is 4.79 Å². The summed E-state index contributed by atoms with van der Waals surface area (Å²) >= 11 is 0. The van der Waals surface area contributed by atoms with Crippen molar-refractivity contribution in [3.63, 3.8) is 0 Å². The number of para-hydroxylation sites is 1. The van der Waals surface area contributed by atoms with Gasteiger partial charge in [-0.25, -0.2) is 0 Å². The van der Waals surface area contributed by atoms with E-state index in [-0.39, 0.29) is 24.4 Å². The molecule has 0 spiro atoms. The first kappa shape index (κ1) is 17.4. The van der Waals surface area contributed by atoms with Gasteiger partial charge in [-0.1, -0.05) is 18.2 Å². The third kappa shape index (κ3) is 3.86. The molecule has 1 fully saturated rings. The number of halogens is 1. The molecule has 23 heavy (non-hydrogen) atoms. The van der Waals surface area contributed by atoms with Crippen LogP contribution in [0.1, 0.15) is 34.7 Å². The molecule has 2 aromatic rings. The van der Waals surface area contributed by atoms with Gasteiger partial charge in [0, 0.05) is 11.6 Å². The molecule has 0 atom stereocenters. The zero-order valence-corrected chi connectivity index (χ0v) is 13.8. The van der Waals surface area contributed by atoms with Crippen molar-refractivity contribution in [2.75, 3.05) is 7.11 Å². The molecule has 3 rings (SSSR count). The molecule has 1 aromatic heterocycles. The summed E-state index contributed by atoms with van der Waals surface area (Å²) in [5, 5.41) is 0. The maximum atomic E-state index is 12.7. The zero-order valence-electron chi connectivity index (χ0n) is 13.0. The number of carbonyl (C=O) groups is 1. The minimum absolute atomic E-state index is 0. The van der Waals surface area contributed by atoms with Gasteiger partial charge in [0.05, 0.1) is 20.2 Å². The van der Waals surface area contributed by atoms with Crippen LogP contribution in [0, 0.1) is 0 Å². The average Bonchev–Trinajstić information content (AvgIpc) is 3.28. The van der Waals surface area contributed by atoms with E-state index in [9.17, 15) is 4.79 Å². The van der Waals surface area contributed by atoms with Crippen molar-refractivity contribution < 1.29 is 13.9 Å². The van der Waals surface area contributed by atoms with Crippen LogP contribution in [-0.4, -0.2) is 24.0 Å². The molecular formula is C17H21ClN2O3. The number of nitrogens with two attached hydrogens (primary N) is 1. The summed E-state index contributed by atoms with van der Waals surface area (Å²) in [6.45, 7) is 0.815. The van der Waals surface area contributed by atoms with Crippen LogP contribution in [0.3, 0.4) is 0 Å². The SMILES string of the molecule is COc1ccccc1CN(C(=O)c1ccc(CN)o1)C1CC1.Cl. The lowest BCUT2D eigenvalue weighted by atomic mass is 10.1. The van der Waals surface area contributed by atoms with Gasteiger partial charge in [0.2, 0.25) is 0 Å². The lowest BCUT2D eigenvalue weighted by molar-refractivity contribution is 0.0694. The second kappa shape index (κ2) is 7.53. The number of amides is 1. The van der Waals surface area contributed by atoms with E-state index in [4.69, 9.17) is 14.9 Å². The topological polar surface area (TPSA) is 68.7 Å².